The van der Waals surface area contributed by atoms with Crippen molar-refractivity contribution in [2.45, 2.75) is 20.3 Å². The van der Waals surface area contributed by atoms with Crippen molar-refractivity contribution in [1.29, 1.82) is 0 Å². The number of nitrogens with one attached hydrogen (secondary N) is 1. The lowest BCUT2D eigenvalue weighted by atomic mass is 10.2. The Bertz CT molecular complexity index is 785. The van der Waals surface area contributed by atoms with E-state index in [0.717, 1.165) is 37.8 Å². The van der Waals surface area contributed by atoms with Crippen LogP contribution in [-0.4, -0.2) is 67.5 Å². The molecule has 1 saturated heterocycles. The maximum Gasteiger partial charge on any atom is 0.289 e. The molecule has 1 aliphatic heterocycles. The summed E-state index contributed by atoms with van der Waals surface area (Å²) in [5, 5.41) is 3.35. The largest absolute Gasteiger partial charge is 0.494 e. The number of hydrogen-bond acceptors (Lipinski definition) is 4. The summed E-state index contributed by atoms with van der Waals surface area (Å²) in [6.07, 6.45) is 2.38. The van der Waals surface area contributed by atoms with Gasteiger partial charge in [0.1, 0.15) is 5.75 Å². The number of furan rings is 1. The lowest BCUT2D eigenvalue weighted by Crippen LogP contribution is -2.53. The van der Waals surface area contributed by atoms with Crippen LogP contribution in [0, 0.1) is 6.92 Å². The normalized spacial score (nSPS) is 14.3. The second kappa shape index (κ2) is 12.5. The SMILES string of the molecule is CCNC(=NCCCOc1ccc(C)cc1)N1CCN(C(=O)c2ccco2)CC1.I. The van der Waals surface area contributed by atoms with Crippen LogP contribution in [0.1, 0.15) is 29.5 Å². The molecule has 1 aromatic heterocycles. The molecule has 1 aliphatic rings. The van der Waals surface area contributed by atoms with E-state index in [0.29, 0.717) is 32.0 Å². The molecule has 7 nitrogen and oxygen atoms in total. The number of piperazine rings is 1. The summed E-state index contributed by atoms with van der Waals surface area (Å²) >= 11 is 0. The first-order valence-electron chi connectivity index (χ1n) is 10.2. The summed E-state index contributed by atoms with van der Waals surface area (Å²) in [7, 11) is 0. The highest BCUT2D eigenvalue weighted by atomic mass is 127. The number of rotatable bonds is 7. The summed E-state index contributed by atoms with van der Waals surface area (Å²) in [6.45, 7) is 9.07. The Balaban J connectivity index is 0.00000320. The molecule has 1 fully saturated rings. The number of aliphatic imine (C=N–C) groups is 1. The molecule has 2 aromatic rings. The van der Waals surface area contributed by atoms with Gasteiger partial charge in [-0.3, -0.25) is 9.79 Å². The maximum absolute atomic E-state index is 12.4. The first-order chi connectivity index (χ1) is 14.2. The Hall–Kier alpha value is -2.23. The number of guanidine groups is 1. The third-order valence-electron chi connectivity index (χ3n) is 4.79. The van der Waals surface area contributed by atoms with E-state index in [4.69, 9.17) is 14.1 Å². The van der Waals surface area contributed by atoms with Gasteiger partial charge in [0.25, 0.3) is 5.91 Å². The van der Waals surface area contributed by atoms with E-state index in [9.17, 15) is 4.79 Å². The van der Waals surface area contributed by atoms with Gasteiger partial charge in [0.15, 0.2) is 11.7 Å². The number of carbonyl (C=O) groups excluding carboxylic acids is 1. The molecule has 0 unspecified atom stereocenters. The number of benzene rings is 1. The Kier molecular flexibility index (Phi) is 9.99. The zero-order valence-corrected chi connectivity index (χ0v) is 20.0. The highest BCUT2D eigenvalue weighted by Gasteiger charge is 2.25. The lowest BCUT2D eigenvalue weighted by Gasteiger charge is -2.36. The highest BCUT2D eigenvalue weighted by molar-refractivity contribution is 14.0. The van der Waals surface area contributed by atoms with E-state index in [1.807, 2.05) is 29.2 Å². The zero-order valence-electron chi connectivity index (χ0n) is 17.7. The molecule has 3 rings (SSSR count). The summed E-state index contributed by atoms with van der Waals surface area (Å²) in [5.74, 6) is 2.13. The van der Waals surface area contributed by atoms with Crippen molar-refractivity contribution < 1.29 is 13.9 Å². The number of ether oxygens (including phenoxy) is 1. The monoisotopic (exact) mass is 526 g/mol. The van der Waals surface area contributed by atoms with E-state index >= 15 is 0 Å². The van der Waals surface area contributed by atoms with Gasteiger partial charge in [-0.2, -0.15) is 0 Å². The molecule has 164 valence electrons. The van der Waals surface area contributed by atoms with Crippen molar-refractivity contribution >= 4 is 35.8 Å². The predicted octanol–water partition coefficient (Wildman–Crippen LogP) is 3.40. The fraction of sp³-hybridized carbons (Fsp3) is 0.455. The first-order valence-corrected chi connectivity index (χ1v) is 10.2. The van der Waals surface area contributed by atoms with Crippen molar-refractivity contribution in [3.8, 4) is 5.75 Å². The average molecular weight is 526 g/mol. The Morgan fingerprint density at radius 3 is 2.47 bits per heavy atom. The number of halogens is 1. The molecular formula is C22H31IN4O3. The quantitative estimate of drug-likeness (QED) is 0.259. The van der Waals surface area contributed by atoms with Crippen LogP contribution in [0.25, 0.3) is 0 Å². The predicted molar refractivity (Wildman–Crippen MR) is 129 cm³/mol. The minimum atomic E-state index is -0.0511. The van der Waals surface area contributed by atoms with Crippen molar-refractivity contribution in [3.63, 3.8) is 0 Å². The van der Waals surface area contributed by atoms with Crippen molar-refractivity contribution in [3.05, 3.63) is 54.0 Å². The van der Waals surface area contributed by atoms with Gasteiger partial charge in [0.05, 0.1) is 12.9 Å². The highest BCUT2D eigenvalue weighted by Crippen LogP contribution is 2.12. The van der Waals surface area contributed by atoms with Crippen LogP contribution in [0.5, 0.6) is 5.75 Å². The fourth-order valence-electron chi connectivity index (χ4n) is 3.18. The average Bonchev–Trinajstić information content (AvgIpc) is 3.29. The molecule has 0 spiro atoms. The van der Waals surface area contributed by atoms with Gasteiger partial charge in [0, 0.05) is 45.7 Å². The van der Waals surface area contributed by atoms with Gasteiger partial charge >= 0.3 is 0 Å². The molecule has 0 radical (unpaired) electrons. The van der Waals surface area contributed by atoms with E-state index in [2.05, 4.69) is 24.1 Å². The van der Waals surface area contributed by atoms with Crippen molar-refractivity contribution in [2.75, 3.05) is 45.9 Å². The number of hydrogen-bond donors (Lipinski definition) is 1. The third-order valence-corrected chi connectivity index (χ3v) is 4.79. The Morgan fingerprint density at radius 1 is 1.13 bits per heavy atom. The second-order valence-corrected chi connectivity index (χ2v) is 7.01. The number of carbonyl (C=O) groups is 1. The van der Waals surface area contributed by atoms with Crippen molar-refractivity contribution in [2.24, 2.45) is 4.99 Å². The lowest BCUT2D eigenvalue weighted by molar-refractivity contribution is 0.0657. The van der Waals surface area contributed by atoms with E-state index in [1.165, 1.54) is 11.8 Å². The zero-order chi connectivity index (χ0) is 20.5. The van der Waals surface area contributed by atoms with Crippen LogP contribution < -0.4 is 10.1 Å². The number of nitrogens with zero attached hydrogens (tertiary/aromatic N) is 3. The Morgan fingerprint density at radius 2 is 1.83 bits per heavy atom. The summed E-state index contributed by atoms with van der Waals surface area (Å²) < 4.78 is 11.0. The molecule has 0 aliphatic carbocycles. The minimum absolute atomic E-state index is 0. The van der Waals surface area contributed by atoms with Gasteiger partial charge in [-0.25, -0.2) is 0 Å². The smallest absolute Gasteiger partial charge is 0.289 e. The number of aryl methyl sites for hydroxylation is 1. The van der Waals surface area contributed by atoms with Crippen LogP contribution in [0.3, 0.4) is 0 Å². The summed E-state index contributed by atoms with van der Waals surface area (Å²) in [5.41, 5.74) is 1.23. The molecule has 0 saturated carbocycles. The van der Waals surface area contributed by atoms with Crippen LogP contribution in [0.4, 0.5) is 0 Å². The molecule has 8 heteroatoms. The van der Waals surface area contributed by atoms with E-state index in [1.54, 1.807) is 12.1 Å². The molecule has 2 heterocycles. The fourth-order valence-corrected chi connectivity index (χ4v) is 3.18. The van der Waals surface area contributed by atoms with Gasteiger partial charge in [0.2, 0.25) is 0 Å². The molecule has 30 heavy (non-hydrogen) atoms. The van der Waals surface area contributed by atoms with Crippen LogP contribution in [0.2, 0.25) is 0 Å². The van der Waals surface area contributed by atoms with Gasteiger partial charge < -0.3 is 24.3 Å². The van der Waals surface area contributed by atoms with Crippen LogP contribution >= 0.6 is 24.0 Å². The van der Waals surface area contributed by atoms with Gasteiger partial charge in [-0.05, 0) is 38.1 Å². The molecular weight excluding hydrogens is 495 g/mol. The van der Waals surface area contributed by atoms with E-state index < -0.39 is 0 Å². The van der Waals surface area contributed by atoms with Crippen molar-refractivity contribution in [1.82, 2.24) is 15.1 Å². The maximum atomic E-state index is 12.4. The molecule has 0 atom stereocenters. The number of amides is 1. The van der Waals surface area contributed by atoms with Crippen LogP contribution in [-0.2, 0) is 0 Å². The second-order valence-electron chi connectivity index (χ2n) is 7.01. The standard InChI is InChI=1S/C22H30N4O3.HI/c1-3-23-22(24-11-5-17-28-19-9-7-18(2)8-10-19)26-14-12-25(13-15-26)21(27)20-6-4-16-29-20;/h4,6-10,16H,3,5,11-15,17H2,1-2H3,(H,23,24);1H. The minimum Gasteiger partial charge on any atom is -0.494 e. The van der Waals surface area contributed by atoms with Gasteiger partial charge in [-0.15, -0.1) is 24.0 Å². The molecule has 1 amide bonds. The molecule has 1 aromatic carbocycles. The summed E-state index contributed by atoms with van der Waals surface area (Å²) in [6, 6.07) is 11.5. The summed E-state index contributed by atoms with van der Waals surface area (Å²) in [4.78, 5) is 21.2. The first kappa shape index (κ1) is 24.0. The Labute approximate surface area is 195 Å². The van der Waals surface area contributed by atoms with Crippen LogP contribution in [0.15, 0.2) is 52.1 Å². The molecule has 0 bridgehead atoms. The topological polar surface area (TPSA) is 70.3 Å². The van der Waals surface area contributed by atoms with E-state index in [-0.39, 0.29) is 29.9 Å². The van der Waals surface area contributed by atoms with Gasteiger partial charge in [-0.1, -0.05) is 17.7 Å². The third kappa shape index (κ3) is 6.93. The molecule has 1 N–H and O–H groups in total.